The molecular weight excluding hydrogens is 624 g/mol. The molecule has 0 radical (unpaired) electrons. The zero-order valence-corrected chi connectivity index (χ0v) is 26.6. The van der Waals surface area contributed by atoms with Crippen molar-refractivity contribution in [1.29, 1.82) is 0 Å². The van der Waals surface area contributed by atoms with Crippen molar-refractivity contribution in [3.05, 3.63) is 53.6 Å². The lowest BCUT2D eigenvalue weighted by atomic mass is 9.73. The molecule has 8 nitrogen and oxygen atoms in total. The summed E-state index contributed by atoms with van der Waals surface area (Å²) in [5, 5.41) is 17.4. The van der Waals surface area contributed by atoms with E-state index in [0.29, 0.717) is 30.9 Å². The van der Waals surface area contributed by atoms with Crippen molar-refractivity contribution in [2.24, 2.45) is 10.8 Å². The van der Waals surface area contributed by atoms with Crippen molar-refractivity contribution in [3.63, 3.8) is 0 Å². The summed E-state index contributed by atoms with van der Waals surface area (Å²) >= 11 is 0. The maximum atomic E-state index is 16.8. The van der Waals surface area contributed by atoms with Crippen LogP contribution in [0.4, 0.5) is 23.4 Å². The van der Waals surface area contributed by atoms with Crippen molar-refractivity contribution in [3.8, 4) is 22.9 Å². The fourth-order valence-corrected chi connectivity index (χ4v) is 8.49. The van der Waals surface area contributed by atoms with Gasteiger partial charge in [0.1, 0.15) is 22.9 Å². The summed E-state index contributed by atoms with van der Waals surface area (Å²) in [7, 11) is 0. The van der Waals surface area contributed by atoms with Gasteiger partial charge in [-0.3, -0.25) is 0 Å². The number of anilines is 1. The van der Waals surface area contributed by atoms with Crippen LogP contribution in [0.5, 0.6) is 11.8 Å². The van der Waals surface area contributed by atoms with Crippen molar-refractivity contribution < 1.29 is 27.4 Å². The molecule has 1 aromatic heterocycles. The molecule has 3 aromatic carbocycles. The second kappa shape index (κ2) is 11.1. The van der Waals surface area contributed by atoms with Gasteiger partial charge in [-0.1, -0.05) is 6.07 Å². The molecule has 4 aromatic rings. The van der Waals surface area contributed by atoms with Gasteiger partial charge in [-0.2, -0.15) is 9.97 Å². The van der Waals surface area contributed by atoms with Crippen LogP contribution >= 0.6 is 0 Å². The highest BCUT2D eigenvalue weighted by Gasteiger charge is 2.47. The van der Waals surface area contributed by atoms with E-state index >= 15 is 13.2 Å². The monoisotopic (exact) mass is 662 g/mol. The first-order valence-electron chi connectivity index (χ1n) is 17.1. The third-order valence-corrected chi connectivity index (χ3v) is 11.6. The molecule has 1 spiro atoms. The molecule has 1 saturated carbocycles. The number of halogens is 4. The normalized spacial score (nSPS) is 24.4. The molecule has 3 N–H and O–H groups in total. The molecule has 5 aliphatic rings. The summed E-state index contributed by atoms with van der Waals surface area (Å²) < 4.78 is 68.8. The number of nitrogens with zero attached hydrogens (tertiary/aromatic N) is 4. The Morgan fingerprint density at radius 3 is 2.33 bits per heavy atom. The molecule has 2 unspecified atom stereocenters. The fourth-order valence-electron chi connectivity index (χ4n) is 8.49. The van der Waals surface area contributed by atoms with E-state index in [1.54, 1.807) is 0 Å². The van der Waals surface area contributed by atoms with E-state index in [2.05, 4.69) is 20.5 Å². The molecular formula is C36H38F4N6O2. The Morgan fingerprint density at radius 2 is 1.65 bits per heavy atom. The number of aromatic hydroxyl groups is 1. The average Bonchev–Trinajstić information content (AvgIpc) is 3.74. The number of piperazine rings is 1. The molecule has 5 heterocycles. The Morgan fingerprint density at radius 1 is 0.896 bits per heavy atom. The molecule has 9 rings (SSSR count). The summed E-state index contributed by atoms with van der Waals surface area (Å²) in [5.41, 5.74) is -0.642. The lowest BCUT2D eigenvalue weighted by molar-refractivity contribution is 0.0400. The third-order valence-electron chi connectivity index (χ3n) is 11.6. The van der Waals surface area contributed by atoms with E-state index in [4.69, 9.17) is 9.72 Å². The molecule has 5 fully saturated rings. The van der Waals surface area contributed by atoms with Crippen molar-refractivity contribution in [2.45, 2.75) is 50.6 Å². The summed E-state index contributed by atoms with van der Waals surface area (Å²) in [6.45, 7) is 6.90. The Kier molecular flexibility index (Phi) is 7.04. The van der Waals surface area contributed by atoms with Crippen molar-refractivity contribution in [1.82, 2.24) is 25.5 Å². The Balaban J connectivity index is 1.09. The lowest BCUT2D eigenvalue weighted by Crippen LogP contribution is -2.58. The second-order valence-electron chi connectivity index (χ2n) is 14.9. The van der Waals surface area contributed by atoms with Crippen LogP contribution in [-0.2, 0) is 0 Å². The number of phenols is 1. The van der Waals surface area contributed by atoms with E-state index in [0.717, 1.165) is 76.6 Å². The molecule has 12 heteroatoms. The van der Waals surface area contributed by atoms with Crippen LogP contribution in [0.1, 0.15) is 38.5 Å². The standard InChI is InChI=1S/C36H38F4N6O2/c37-26-4-1-20-11-23(47)12-24(28(20)30(26)39)29-27(38)13-25-32(31(29)40)43-34(44-33(25)46-14-21-2-3-22(15-46)42-21)48-19-36(5-6-36)18-45-9-7-35(8-10-45)16-41-17-35/h1,4,11-13,21-22,41-42,47H,2-3,5-10,14-19H2. The number of nitrogens with one attached hydrogen (secondary N) is 2. The summed E-state index contributed by atoms with van der Waals surface area (Å²) in [6, 6.07) is 6.08. The third kappa shape index (κ3) is 5.14. The maximum Gasteiger partial charge on any atom is 0.319 e. The SMILES string of the molecule is Oc1cc(-c2c(F)cc3c(N4CC5CCC(C4)N5)nc(OCC4(CN5CCC6(CC5)CNC6)CC4)nc3c2F)c2c(F)c(F)ccc2c1. The quantitative estimate of drug-likeness (QED) is 0.224. The number of fused-ring (bicyclic) bond motifs is 4. The zero-order valence-electron chi connectivity index (χ0n) is 26.6. The molecule has 2 atom stereocenters. The highest BCUT2D eigenvalue weighted by atomic mass is 19.2. The second-order valence-corrected chi connectivity index (χ2v) is 14.9. The Hall–Kier alpha value is -3.74. The van der Waals surface area contributed by atoms with Crippen molar-refractivity contribution >= 4 is 27.5 Å². The van der Waals surface area contributed by atoms with Gasteiger partial charge in [0.05, 0.1) is 12.2 Å². The van der Waals surface area contributed by atoms with Gasteiger partial charge in [0.2, 0.25) is 0 Å². The molecule has 2 bridgehead atoms. The maximum absolute atomic E-state index is 16.8. The number of phenolic OH excluding ortho intramolecular Hbond substituents is 1. The molecule has 4 saturated heterocycles. The number of ether oxygens (including phenoxy) is 1. The Labute approximate surface area is 275 Å². The van der Waals surface area contributed by atoms with Crippen LogP contribution in [-0.4, -0.2) is 84.5 Å². The summed E-state index contributed by atoms with van der Waals surface area (Å²) in [4.78, 5) is 13.8. The van der Waals surface area contributed by atoms with E-state index in [-0.39, 0.29) is 56.5 Å². The number of rotatable bonds is 7. The first kappa shape index (κ1) is 30.3. The minimum atomic E-state index is -1.26. The van der Waals surface area contributed by atoms with Gasteiger partial charge < -0.3 is 30.3 Å². The van der Waals surface area contributed by atoms with Gasteiger partial charge in [-0.25, -0.2) is 17.6 Å². The van der Waals surface area contributed by atoms with Crippen LogP contribution < -0.4 is 20.3 Å². The predicted octanol–water partition coefficient (Wildman–Crippen LogP) is 5.50. The zero-order chi connectivity index (χ0) is 32.8. The number of likely N-dealkylation sites (tertiary alicyclic amines) is 1. The van der Waals surface area contributed by atoms with Crippen LogP contribution in [0, 0.1) is 34.1 Å². The number of aromatic nitrogens is 2. The smallest absolute Gasteiger partial charge is 0.319 e. The van der Waals surface area contributed by atoms with Crippen molar-refractivity contribution in [2.75, 3.05) is 57.3 Å². The first-order valence-corrected chi connectivity index (χ1v) is 17.1. The molecule has 252 valence electrons. The molecule has 4 aliphatic heterocycles. The first-order chi connectivity index (χ1) is 23.2. The lowest BCUT2D eigenvalue weighted by Gasteiger charge is -2.48. The molecule has 48 heavy (non-hydrogen) atoms. The fraction of sp³-hybridized carbons (Fsp3) is 0.500. The number of hydrogen-bond donors (Lipinski definition) is 3. The van der Waals surface area contributed by atoms with Crippen LogP contribution in [0.25, 0.3) is 32.8 Å². The van der Waals surface area contributed by atoms with E-state index in [1.807, 2.05) is 4.90 Å². The van der Waals surface area contributed by atoms with Gasteiger partial charge >= 0.3 is 6.01 Å². The topological polar surface area (TPSA) is 85.8 Å². The van der Waals surface area contributed by atoms with Gasteiger partial charge in [-0.05, 0) is 86.7 Å². The molecule has 0 amide bonds. The van der Waals surface area contributed by atoms with E-state index in [9.17, 15) is 9.50 Å². The van der Waals surface area contributed by atoms with Crippen LogP contribution in [0.2, 0.25) is 0 Å². The highest BCUT2D eigenvalue weighted by Crippen LogP contribution is 2.48. The highest BCUT2D eigenvalue weighted by molar-refractivity contribution is 6.02. The van der Waals surface area contributed by atoms with Gasteiger partial charge in [-0.15, -0.1) is 0 Å². The minimum absolute atomic E-state index is 0.00208. The number of piperidine rings is 1. The van der Waals surface area contributed by atoms with E-state index < -0.39 is 28.8 Å². The van der Waals surface area contributed by atoms with Gasteiger partial charge in [0.25, 0.3) is 0 Å². The average molecular weight is 663 g/mol. The molecule has 1 aliphatic carbocycles. The Bertz CT molecular complexity index is 1930. The number of hydrogen-bond acceptors (Lipinski definition) is 8. The van der Waals surface area contributed by atoms with Crippen LogP contribution in [0.15, 0.2) is 30.3 Å². The van der Waals surface area contributed by atoms with Gasteiger partial charge in [0, 0.05) is 66.6 Å². The van der Waals surface area contributed by atoms with E-state index in [1.165, 1.54) is 25.0 Å². The van der Waals surface area contributed by atoms with Gasteiger partial charge in [0.15, 0.2) is 17.5 Å². The predicted molar refractivity (Wildman–Crippen MR) is 174 cm³/mol. The summed E-state index contributed by atoms with van der Waals surface area (Å²) in [6.07, 6.45) is 6.45. The number of benzene rings is 3. The summed E-state index contributed by atoms with van der Waals surface area (Å²) in [5.74, 6) is -4.42. The largest absolute Gasteiger partial charge is 0.508 e. The minimum Gasteiger partial charge on any atom is -0.508 e. The van der Waals surface area contributed by atoms with Crippen LogP contribution in [0.3, 0.4) is 0 Å².